The molecule has 1 N–H and O–H groups in total. The molecule has 6 heteroatoms. The molecule has 0 aliphatic heterocycles. The van der Waals surface area contributed by atoms with Crippen LogP contribution in [0.1, 0.15) is 32.8 Å². The zero-order valence-electron chi connectivity index (χ0n) is 11.7. The number of alkyl halides is 3. The van der Waals surface area contributed by atoms with Crippen molar-refractivity contribution in [1.82, 2.24) is 0 Å². The lowest BCUT2D eigenvalue weighted by Gasteiger charge is -2.19. The average molecular weight is 289 g/mol. The topological polar surface area (TPSA) is 38.3 Å². The summed E-state index contributed by atoms with van der Waals surface area (Å²) in [5.74, 6) is -0.350. The summed E-state index contributed by atoms with van der Waals surface area (Å²) in [7, 11) is 0. The zero-order chi connectivity index (χ0) is 15.4. The van der Waals surface area contributed by atoms with Crippen LogP contribution in [-0.2, 0) is 15.7 Å². The normalized spacial score (nSPS) is 12.1. The fourth-order valence-corrected chi connectivity index (χ4v) is 1.48. The first kappa shape index (κ1) is 16.3. The highest BCUT2D eigenvalue weighted by molar-refractivity contribution is 5.70. The molecular weight excluding hydrogens is 271 g/mol. The number of rotatable bonds is 4. The second-order valence-corrected chi connectivity index (χ2v) is 5.34. The fourth-order valence-electron chi connectivity index (χ4n) is 1.48. The van der Waals surface area contributed by atoms with Crippen molar-refractivity contribution < 1.29 is 22.7 Å². The Labute approximate surface area is 116 Å². The summed E-state index contributed by atoms with van der Waals surface area (Å²) in [6, 6.07) is 4.65. The summed E-state index contributed by atoms with van der Waals surface area (Å²) in [5, 5.41) is 2.87. The Morgan fingerprint density at radius 2 is 1.70 bits per heavy atom. The first-order valence-corrected chi connectivity index (χ1v) is 6.21. The summed E-state index contributed by atoms with van der Waals surface area (Å²) >= 11 is 0. The number of carbonyl (C=O) groups is 1. The molecule has 0 heterocycles. The van der Waals surface area contributed by atoms with Crippen LogP contribution in [0.5, 0.6) is 0 Å². The fraction of sp³-hybridized carbons (Fsp3) is 0.500. The van der Waals surface area contributed by atoms with Crippen LogP contribution in [0.2, 0.25) is 0 Å². The number of halogens is 3. The number of hydrogen-bond donors (Lipinski definition) is 1. The first-order chi connectivity index (χ1) is 9.08. The number of nitrogens with one attached hydrogen (secondary N) is 1. The molecule has 0 unspecified atom stereocenters. The van der Waals surface area contributed by atoms with Crippen molar-refractivity contribution in [3.63, 3.8) is 0 Å². The van der Waals surface area contributed by atoms with E-state index in [9.17, 15) is 18.0 Å². The second kappa shape index (κ2) is 6.15. The van der Waals surface area contributed by atoms with Crippen molar-refractivity contribution in [3.05, 3.63) is 29.8 Å². The van der Waals surface area contributed by atoms with Gasteiger partial charge in [-0.15, -0.1) is 0 Å². The van der Waals surface area contributed by atoms with Crippen molar-refractivity contribution in [2.75, 3.05) is 11.9 Å². The Morgan fingerprint density at radius 3 is 2.15 bits per heavy atom. The molecule has 0 saturated carbocycles. The molecule has 3 nitrogen and oxygen atoms in total. The Balaban J connectivity index is 2.42. The third kappa shape index (κ3) is 5.95. The van der Waals surface area contributed by atoms with E-state index in [-0.39, 0.29) is 12.4 Å². The molecule has 0 fully saturated rings. The van der Waals surface area contributed by atoms with E-state index in [1.165, 1.54) is 12.1 Å². The van der Waals surface area contributed by atoms with E-state index in [4.69, 9.17) is 4.74 Å². The summed E-state index contributed by atoms with van der Waals surface area (Å²) in [4.78, 5) is 11.4. The van der Waals surface area contributed by atoms with E-state index < -0.39 is 17.3 Å². The van der Waals surface area contributed by atoms with E-state index in [1.54, 1.807) is 20.8 Å². The van der Waals surface area contributed by atoms with Gasteiger partial charge in [-0.3, -0.25) is 4.79 Å². The highest BCUT2D eigenvalue weighted by atomic mass is 19.4. The van der Waals surface area contributed by atoms with Gasteiger partial charge in [-0.05, 0) is 45.0 Å². The van der Waals surface area contributed by atoms with Crippen LogP contribution in [0.15, 0.2) is 24.3 Å². The quantitative estimate of drug-likeness (QED) is 0.856. The maximum Gasteiger partial charge on any atom is 0.416 e. The predicted molar refractivity (Wildman–Crippen MR) is 70.4 cm³/mol. The molecule has 1 aromatic carbocycles. The standard InChI is InChI=1S/C14H18F3NO2/c1-13(2,3)20-12(19)8-9-18-11-6-4-10(5-7-11)14(15,16)17/h4-7,18H,8-9H2,1-3H3. The van der Waals surface area contributed by atoms with Crippen LogP contribution in [-0.4, -0.2) is 18.1 Å². The van der Waals surface area contributed by atoms with Crippen LogP contribution in [0.3, 0.4) is 0 Å². The summed E-state index contributed by atoms with van der Waals surface area (Å²) in [6.45, 7) is 5.62. The number of anilines is 1. The van der Waals surface area contributed by atoms with Crippen molar-refractivity contribution in [3.8, 4) is 0 Å². The Morgan fingerprint density at radius 1 is 1.15 bits per heavy atom. The van der Waals surface area contributed by atoms with Crippen LogP contribution < -0.4 is 5.32 Å². The lowest BCUT2D eigenvalue weighted by Crippen LogP contribution is -2.25. The van der Waals surface area contributed by atoms with Gasteiger partial charge in [0, 0.05) is 12.2 Å². The van der Waals surface area contributed by atoms with E-state index in [2.05, 4.69) is 5.32 Å². The molecule has 0 saturated heterocycles. The summed E-state index contributed by atoms with van der Waals surface area (Å²) in [5.41, 5.74) is -0.706. The average Bonchev–Trinajstić information content (AvgIpc) is 2.26. The smallest absolute Gasteiger partial charge is 0.416 e. The van der Waals surface area contributed by atoms with E-state index in [1.807, 2.05) is 0 Å². The van der Waals surface area contributed by atoms with Gasteiger partial charge in [-0.25, -0.2) is 0 Å². The number of benzene rings is 1. The Hall–Kier alpha value is -1.72. The minimum absolute atomic E-state index is 0.151. The van der Waals surface area contributed by atoms with E-state index >= 15 is 0 Å². The van der Waals surface area contributed by atoms with Gasteiger partial charge < -0.3 is 10.1 Å². The molecule has 0 aliphatic rings. The van der Waals surface area contributed by atoms with Crippen molar-refractivity contribution in [2.24, 2.45) is 0 Å². The predicted octanol–water partition coefficient (Wildman–Crippen LogP) is 3.85. The van der Waals surface area contributed by atoms with Crippen LogP contribution >= 0.6 is 0 Å². The molecule has 0 atom stereocenters. The SMILES string of the molecule is CC(C)(C)OC(=O)CCNc1ccc(C(F)(F)F)cc1. The van der Waals surface area contributed by atoms with Crippen molar-refractivity contribution >= 4 is 11.7 Å². The van der Waals surface area contributed by atoms with Crippen LogP contribution in [0, 0.1) is 0 Å². The molecule has 0 radical (unpaired) electrons. The van der Waals surface area contributed by atoms with Gasteiger partial charge in [0.05, 0.1) is 12.0 Å². The number of hydrogen-bond acceptors (Lipinski definition) is 3. The molecule has 0 aliphatic carbocycles. The second-order valence-electron chi connectivity index (χ2n) is 5.34. The van der Waals surface area contributed by atoms with Gasteiger partial charge in [0.25, 0.3) is 0 Å². The third-order valence-electron chi connectivity index (χ3n) is 2.29. The summed E-state index contributed by atoms with van der Waals surface area (Å²) < 4.78 is 42.2. The van der Waals surface area contributed by atoms with Crippen LogP contribution in [0.25, 0.3) is 0 Å². The molecule has 0 spiro atoms. The Kier molecular flexibility index (Phi) is 5.03. The summed E-state index contributed by atoms with van der Waals surface area (Å²) in [6.07, 6.45) is -4.19. The minimum Gasteiger partial charge on any atom is -0.460 e. The van der Waals surface area contributed by atoms with Gasteiger partial charge in [-0.1, -0.05) is 0 Å². The highest BCUT2D eigenvalue weighted by Crippen LogP contribution is 2.29. The number of esters is 1. The molecule has 0 amide bonds. The minimum atomic E-state index is -4.34. The number of carbonyl (C=O) groups excluding carboxylic acids is 1. The third-order valence-corrected chi connectivity index (χ3v) is 2.29. The lowest BCUT2D eigenvalue weighted by molar-refractivity contribution is -0.154. The van der Waals surface area contributed by atoms with Gasteiger partial charge in [0.2, 0.25) is 0 Å². The Bertz CT molecular complexity index is 447. The molecule has 1 rings (SSSR count). The highest BCUT2D eigenvalue weighted by Gasteiger charge is 2.29. The lowest BCUT2D eigenvalue weighted by atomic mass is 10.2. The first-order valence-electron chi connectivity index (χ1n) is 6.21. The zero-order valence-corrected chi connectivity index (χ0v) is 11.7. The van der Waals surface area contributed by atoms with Crippen LogP contribution in [0.4, 0.5) is 18.9 Å². The molecular formula is C14H18F3NO2. The largest absolute Gasteiger partial charge is 0.460 e. The van der Waals surface area contributed by atoms with Gasteiger partial charge in [0.15, 0.2) is 0 Å². The molecule has 1 aromatic rings. The van der Waals surface area contributed by atoms with Gasteiger partial charge in [0.1, 0.15) is 5.60 Å². The molecule has 0 aromatic heterocycles. The van der Waals surface area contributed by atoms with E-state index in [0.29, 0.717) is 12.2 Å². The number of ether oxygens (including phenoxy) is 1. The van der Waals surface area contributed by atoms with Crippen molar-refractivity contribution in [2.45, 2.75) is 39.0 Å². The molecule has 0 bridgehead atoms. The molecule has 112 valence electrons. The molecule has 20 heavy (non-hydrogen) atoms. The maximum atomic E-state index is 12.4. The monoisotopic (exact) mass is 289 g/mol. The maximum absolute atomic E-state index is 12.4. The van der Waals surface area contributed by atoms with Gasteiger partial charge >= 0.3 is 12.1 Å². The van der Waals surface area contributed by atoms with Gasteiger partial charge in [-0.2, -0.15) is 13.2 Å². The van der Waals surface area contributed by atoms with E-state index in [0.717, 1.165) is 12.1 Å². The van der Waals surface area contributed by atoms with Crippen molar-refractivity contribution in [1.29, 1.82) is 0 Å².